The molecule has 0 aliphatic rings. The number of nitrogens with zero attached hydrogens (tertiary/aromatic N) is 4. The van der Waals surface area contributed by atoms with E-state index in [1.807, 2.05) is 0 Å². The van der Waals surface area contributed by atoms with Crippen LogP contribution in [0.1, 0.15) is 12.6 Å². The van der Waals surface area contributed by atoms with Gasteiger partial charge in [-0.1, -0.05) is 15.9 Å². The fourth-order valence-corrected chi connectivity index (χ4v) is 2.39. The van der Waals surface area contributed by atoms with Crippen LogP contribution in [-0.2, 0) is 22.6 Å². The Hall–Kier alpha value is -2.57. The number of hydrogen-bond donors (Lipinski definition) is 1. The predicted octanol–water partition coefficient (Wildman–Crippen LogP) is 4.76. The standard InChI is InChI=1S/C14H11BrF5N5O2/c1-7(26)13(16,17)12-6-11(25(2)22-12)9-4-3-8(15)5-10(9)21-23-24-27-14(18,19)20/h3-6H,1-2H3,(H,21,24). The lowest BCUT2D eigenvalue weighted by Gasteiger charge is -2.09. The molecular formula is C14H11BrF5N5O2. The van der Waals surface area contributed by atoms with Gasteiger partial charge in [0.2, 0.25) is 5.78 Å². The molecule has 0 saturated carbocycles. The van der Waals surface area contributed by atoms with Crippen LogP contribution >= 0.6 is 15.9 Å². The minimum Gasteiger partial charge on any atom is -0.293 e. The van der Waals surface area contributed by atoms with E-state index in [1.54, 1.807) is 6.07 Å². The Balaban J connectivity index is 2.39. The molecule has 0 saturated heterocycles. The minimum atomic E-state index is -5.00. The SMILES string of the molecule is CC(=O)C(F)(F)c1cc(-c2ccc(Br)cc2N/N=N\OC(F)(F)F)n(C)n1. The molecule has 1 N–H and O–H groups in total. The summed E-state index contributed by atoms with van der Waals surface area (Å²) in [6, 6.07) is 5.48. The van der Waals surface area contributed by atoms with Crippen LogP contribution in [0.2, 0.25) is 0 Å². The highest BCUT2D eigenvalue weighted by Gasteiger charge is 2.40. The van der Waals surface area contributed by atoms with Crippen molar-refractivity contribution < 1.29 is 31.6 Å². The molecule has 13 heteroatoms. The molecule has 1 aromatic carbocycles. The number of Topliss-reactive ketones (excluding diaryl/α,β-unsaturated/α-hetero) is 1. The Morgan fingerprint density at radius 2 is 1.93 bits per heavy atom. The summed E-state index contributed by atoms with van der Waals surface area (Å²) in [5.41, 5.74) is 2.02. The van der Waals surface area contributed by atoms with Gasteiger partial charge in [0.15, 0.2) is 0 Å². The van der Waals surface area contributed by atoms with Gasteiger partial charge >= 0.3 is 12.3 Å². The summed E-state index contributed by atoms with van der Waals surface area (Å²) in [5, 5.41) is 9.18. The molecule has 0 amide bonds. The van der Waals surface area contributed by atoms with Gasteiger partial charge in [-0.2, -0.15) is 13.9 Å². The minimum absolute atomic E-state index is 0.125. The average molecular weight is 456 g/mol. The number of benzene rings is 1. The van der Waals surface area contributed by atoms with Gasteiger partial charge in [-0.25, -0.2) is 0 Å². The third-order valence-corrected chi connectivity index (χ3v) is 3.75. The van der Waals surface area contributed by atoms with E-state index in [9.17, 15) is 26.7 Å². The summed E-state index contributed by atoms with van der Waals surface area (Å²) in [5.74, 6) is -5.15. The molecule has 0 bridgehead atoms. The van der Waals surface area contributed by atoms with Crippen LogP contribution in [0.4, 0.5) is 27.6 Å². The van der Waals surface area contributed by atoms with Crippen LogP contribution in [0.15, 0.2) is 39.2 Å². The van der Waals surface area contributed by atoms with Crippen molar-refractivity contribution in [2.24, 2.45) is 17.5 Å². The normalized spacial score (nSPS) is 12.4. The summed E-state index contributed by atoms with van der Waals surface area (Å²) in [6.07, 6.45) is -5.00. The lowest BCUT2D eigenvalue weighted by atomic mass is 10.1. The fourth-order valence-electron chi connectivity index (χ4n) is 2.03. The number of aromatic nitrogens is 2. The maximum atomic E-state index is 13.9. The molecule has 0 unspecified atom stereocenters. The zero-order chi connectivity index (χ0) is 20.4. The van der Waals surface area contributed by atoms with E-state index >= 15 is 0 Å². The van der Waals surface area contributed by atoms with Gasteiger partial charge in [0, 0.05) is 24.0 Å². The number of aryl methyl sites for hydroxylation is 1. The third kappa shape index (κ3) is 4.99. The van der Waals surface area contributed by atoms with Crippen molar-refractivity contribution in [3.05, 3.63) is 34.4 Å². The lowest BCUT2D eigenvalue weighted by Crippen LogP contribution is -2.23. The van der Waals surface area contributed by atoms with E-state index in [4.69, 9.17) is 0 Å². The number of rotatable bonds is 6. The first kappa shape index (κ1) is 20.7. The molecule has 0 atom stereocenters. The first-order valence-corrected chi connectivity index (χ1v) is 7.85. The van der Waals surface area contributed by atoms with Crippen molar-refractivity contribution in [1.82, 2.24) is 9.78 Å². The lowest BCUT2D eigenvalue weighted by molar-refractivity contribution is -0.329. The molecule has 2 rings (SSSR count). The molecule has 0 spiro atoms. The molecule has 0 radical (unpaired) electrons. The predicted molar refractivity (Wildman–Crippen MR) is 86.5 cm³/mol. The van der Waals surface area contributed by atoms with E-state index in [2.05, 4.69) is 41.8 Å². The van der Waals surface area contributed by atoms with E-state index in [0.717, 1.165) is 17.7 Å². The van der Waals surface area contributed by atoms with Gasteiger partial charge in [-0.05, 0) is 29.5 Å². The molecule has 2 aromatic rings. The number of hydrogen-bond acceptors (Lipinski definition) is 5. The summed E-state index contributed by atoms with van der Waals surface area (Å²) < 4.78 is 65.1. The second-order valence-corrected chi connectivity index (χ2v) is 6.11. The van der Waals surface area contributed by atoms with Crippen molar-refractivity contribution in [3.63, 3.8) is 0 Å². The van der Waals surface area contributed by atoms with E-state index in [1.165, 1.54) is 19.2 Å². The van der Waals surface area contributed by atoms with Gasteiger partial charge in [0.25, 0.3) is 0 Å². The van der Waals surface area contributed by atoms with E-state index in [-0.39, 0.29) is 16.9 Å². The summed E-state index contributed by atoms with van der Waals surface area (Å²) in [4.78, 5) is 14.3. The Labute approximate surface area is 157 Å². The van der Waals surface area contributed by atoms with Gasteiger partial charge in [0.1, 0.15) is 5.69 Å². The van der Waals surface area contributed by atoms with Gasteiger partial charge in [-0.3, -0.25) is 19.7 Å². The molecule has 1 heterocycles. The highest BCUT2D eigenvalue weighted by atomic mass is 79.9. The van der Waals surface area contributed by atoms with Crippen LogP contribution in [0.5, 0.6) is 0 Å². The second kappa shape index (κ2) is 7.58. The van der Waals surface area contributed by atoms with Gasteiger partial charge < -0.3 is 0 Å². The average Bonchev–Trinajstić information content (AvgIpc) is 2.93. The molecule has 0 aliphatic carbocycles. The van der Waals surface area contributed by atoms with Gasteiger partial charge in [-0.15, -0.1) is 13.2 Å². The van der Waals surface area contributed by atoms with Crippen molar-refractivity contribution in [3.8, 4) is 11.3 Å². The second-order valence-electron chi connectivity index (χ2n) is 5.19. The fraction of sp³-hybridized carbons (Fsp3) is 0.286. The number of halogens is 6. The number of nitrogens with one attached hydrogen (secondary N) is 1. The smallest absolute Gasteiger partial charge is 0.293 e. The number of alkyl halides is 5. The number of carbonyl (C=O) groups excluding carboxylic acids is 1. The Morgan fingerprint density at radius 3 is 2.52 bits per heavy atom. The van der Waals surface area contributed by atoms with Crippen molar-refractivity contribution in [2.45, 2.75) is 19.2 Å². The van der Waals surface area contributed by atoms with Crippen molar-refractivity contribution in [2.75, 3.05) is 5.43 Å². The van der Waals surface area contributed by atoms with E-state index < -0.39 is 23.8 Å². The molecule has 146 valence electrons. The molecule has 0 aliphatic heterocycles. The number of ketones is 1. The molecular weight excluding hydrogens is 445 g/mol. The van der Waals surface area contributed by atoms with Crippen LogP contribution in [0, 0.1) is 0 Å². The van der Waals surface area contributed by atoms with E-state index in [0.29, 0.717) is 4.47 Å². The molecule has 0 fully saturated rings. The maximum Gasteiger partial charge on any atom is 0.594 e. The zero-order valence-corrected chi connectivity index (χ0v) is 15.3. The first-order valence-electron chi connectivity index (χ1n) is 7.06. The monoisotopic (exact) mass is 455 g/mol. The van der Waals surface area contributed by atoms with Crippen LogP contribution in [0.3, 0.4) is 0 Å². The third-order valence-electron chi connectivity index (χ3n) is 3.26. The van der Waals surface area contributed by atoms with Crippen LogP contribution < -0.4 is 5.43 Å². The first-order chi connectivity index (χ1) is 12.4. The Bertz CT molecular complexity index is 881. The highest BCUT2D eigenvalue weighted by molar-refractivity contribution is 9.10. The Morgan fingerprint density at radius 1 is 1.26 bits per heavy atom. The summed E-state index contributed by atoms with van der Waals surface area (Å²) in [6.45, 7) is 0.738. The molecule has 1 aromatic heterocycles. The maximum absolute atomic E-state index is 13.9. The zero-order valence-electron chi connectivity index (χ0n) is 13.7. The highest BCUT2D eigenvalue weighted by Crippen LogP contribution is 2.35. The van der Waals surface area contributed by atoms with Gasteiger partial charge in [0.05, 0.1) is 16.7 Å². The largest absolute Gasteiger partial charge is 0.594 e. The quantitative estimate of drug-likeness (QED) is 0.386. The summed E-state index contributed by atoms with van der Waals surface area (Å²) in [7, 11) is 1.37. The topological polar surface area (TPSA) is 80.9 Å². The summed E-state index contributed by atoms with van der Waals surface area (Å²) >= 11 is 3.17. The Kier molecular flexibility index (Phi) is 5.82. The van der Waals surface area contributed by atoms with Crippen LogP contribution in [0.25, 0.3) is 11.3 Å². The molecule has 7 nitrogen and oxygen atoms in total. The van der Waals surface area contributed by atoms with Crippen molar-refractivity contribution in [1.29, 1.82) is 0 Å². The number of anilines is 1. The van der Waals surface area contributed by atoms with Crippen LogP contribution in [-0.4, -0.2) is 21.9 Å². The number of carbonyl (C=O) groups is 1. The molecule has 27 heavy (non-hydrogen) atoms. The van der Waals surface area contributed by atoms with Crippen molar-refractivity contribution >= 4 is 27.4 Å².